The molecule has 6 heteroatoms. The molecule has 280 valence electrons. The summed E-state index contributed by atoms with van der Waals surface area (Å²) in [5.74, 6) is 0.971. The standard InChI is InChI=1S/C52H40N4OS/c53-51(34-13-3-1-4-14-34)54-52(55-58-41-16-5-2-6-17-41)39-26-27-43-49(32-39)57-48-21-11-20-46(50(43)48)56-45-19-10-9-18-42(45)44-30-38-25-24-37(29-40(38)31-47(44)56)36-23-22-33-12-7-8-15-35(33)28-36/h1,3-5,7,9-10,12-14,16-19,21-32H,2,6,8,11,15,20H2,(H2,53,54,55). The Labute approximate surface area is 340 Å². The predicted octanol–water partition coefficient (Wildman–Crippen LogP) is 11.6. The maximum Gasteiger partial charge on any atom is 0.169 e. The molecule has 3 aliphatic carbocycles. The Morgan fingerprint density at radius 1 is 0.638 bits per heavy atom. The summed E-state index contributed by atoms with van der Waals surface area (Å²) in [4.78, 5) is 6.00. The monoisotopic (exact) mass is 768 g/mol. The summed E-state index contributed by atoms with van der Waals surface area (Å²) in [7, 11) is 0. The second-order valence-electron chi connectivity index (χ2n) is 15.3. The number of hydrogen-bond donors (Lipinski definition) is 1. The fourth-order valence-corrected chi connectivity index (χ4v) is 9.55. The summed E-state index contributed by atoms with van der Waals surface area (Å²) >= 11 is 1.43. The summed E-state index contributed by atoms with van der Waals surface area (Å²) in [6, 6.07) is 43.6. The first kappa shape index (κ1) is 34.6. The quantitative estimate of drug-likeness (QED) is 0.104. The second-order valence-corrected chi connectivity index (χ2v) is 16.2. The average Bonchev–Trinajstić information content (AvgIpc) is 3.82. The van der Waals surface area contributed by atoms with Crippen molar-refractivity contribution >= 4 is 85.0 Å². The van der Waals surface area contributed by atoms with Gasteiger partial charge in [-0.15, -0.1) is 0 Å². The molecule has 5 nitrogen and oxygen atoms in total. The molecule has 0 radical (unpaired) electrons. The average molecular weight is 769 g/mol. The number of rotatable bonds is 6. The minimum Gasteiger partial charge on any atom is -0.456 e. The summed E-state index contributed by atoms with van der Waals surface area (Å²) in [5.41, 5.74) is 18.9. The zero-order valence-electron chi connectivity index (χ0n) is 32.0. The van der Waals surface area contributed by atoms with Crippen molar-refractivity contribution < 1.29 is 4.42 Å². The van der Waals surface area contributed by atoms with Crippen LogP contribution in [-0.2, 0) is 6.42 Å². The molecule has 0 unspecified atom stereocenters. The molecule has 0 saturated carbocycles. The summed E-state index contributed by atoms with van der Waals surface area (Å²) in [6.07, 6.45) is 19.3. The van der Waals surface area contributed by atoms with Crippen LogP contribution in [0.4, 0.5) is 0 Å². The van der Waals surface area contributed by atoms with Crippen LogP contribution < -0.4 is 16.4 Å². The number of aliphatic imine (C=N–C) groups is 1. The van der Waals surface area contributed by atoms with Crippen LogP contribution in [0.25, 0.3) is 72.5 Å². The highest BCUT2D eigenvalue weighted by Gasteiger charge is 2.21. The molecule has 0 saturated heterocycles. The molecular formula is C52H40N4OS. The topological polar surface area (TPSA) is 68.8 Å². The molecule has 8 aromatic rings. The number of nitrogens with two attached hydrogens (primary N) is 1. The highest BCUT2D eigenvalue weighted by atomic mass is 32.2. The fourth-order valence-electron chi connectivity index (χ4n) is 8.86. The van der Waals surface area contributed by atoms with Crippen molar-refractivity contribution in [2.45, 2.75) is 38.5 Å². The number of para-hydroxylation sites is 1. The Kier molecular flexibility index (Phi) is 8.59. The van der Waals surface area contributed by atoms with Crippen LogP contribution >= 0.6 is 11.9 Å². The van der Waals surface area contributed by atoms with Crippen molar-refractivity contribution in [3.05, 3.63) is 183 Å². The Hall–Kier alpha value is -6.63. The third-order valence-corrected chi connectivity index (χ3v) is 12.5. The lowest BCUT2D eigenvalue weighted by atomic mass is 9.92. The van der Waals surface area contributed by atoms with Gasteiger partial charge in [-0.1, -0.05) is 115 Å². The smallest absolute Gasteiger partial charge is 0.169 e. The van der Waals surface area contributed by atoms with Crippen LogP contribution in [0.5, 0.6) is 0 Å². The predicted molar refractivity (Wildman–Crippen MR) is 245 cm³/mol. The lowest BCUT2D eigenvalue weighted by Gasteiger charge is -2.15. The van der Waals surface area contributed by atoms with Gasteiger partial charge >= 0.3 is 0 Å². The van der Waals surface area contributed by atoms with Gasteiger partial charge in [0.2, 0.25) is 0 Å². The van der Waals surface area contributed by atoms with E-state index in [1.807, 2.05) is 30.3 Å². The normalized spacial score (nSPS) is 15.6. The Morgan fingerprint density at radius 3 is 2.41 bits per heavy atom. The van der Waals surface area contributed by atoms with E-state index >= 15 is 0 Å². The molecule has 0 amide bonds. The van der Waals surface area contributed by atoms with Gasteiger partial charge in [-0.3, -0.25) is 0 Å². The molecule has 2 heterocycles. The Balaban J connectivity index is 1.07. The second kappa shape index (κ2) is 14.4. The molecule has 0 atom stereocenters. The van der Waals surface area contributed by atoms with E-state index in [2.05, 4.69) is 132 Å². The van der Waals surface area contributed by atoms with Gasteiger partial charge in [-0.2, -0.15) is 4.40 Å². The van der Waals surface area contributed by atoms with Gasteiger partial charge in [0.15, 0.2) is 5.84 Å². The first-order valence-electron chi connectivity index (χ1n) is 20.2. The zero-order chi connectivity index (χ0) is 38.6. The zero-order valence-corrected chi connectivity index (χ0v) is 32.8. The SMILES string of the molecule is NC(=NC(=NSC1=CCCC=C1)c1ccc2c3c(oc2c1)=CCCC=3n1c2ccccc2c2cc3ccc(-c4ccc5c(c4)CCC=C5)cc3cc21)c1ccccc1. The van der Waals surface area contributed by atoms with Crippen LogP contribution in [0, 0.1) is 0 Å². The van der Waals surface area contributed by atoms with Crippen molar-refractivity contribution in [3.63, 3.8) is 0 Å². The molecule has 6 aromatic carbocycles. The number of aromatic nitrogens is 1. The minimum atomic E-state index is 0.419. The molecule has 11 rings (SSSR count). The largest absolute Gasteiger partial charge is 0.456 e. The summed E-state index contributed by atoms with van der Waals surface area (Å²) in [6.45, 7) is 0. The van der Waals surface area contributed by atoms with Crippen molar-refractivity contribution in [1.29, 1.82) is 0 Å². The van der Waals surface area contributed by atoms with E-state index in [4.69, 9.17) is 19.5 Å². The van der Waals surface area contributed by atoms with Crippen LogP contribution in [0.2, 0.25) is 0 Å². The number of furan rings is 1. The van der Waals surface area contributed by atoms with E-state index in [0.29, 0.717) is 11.7 Å². The van der Waals surface area contributed by atoms with E-state index in [9.17, 15) is 0 Å². The van der Waals surface area contributed by atoms with Crippen LogP contribution in [0.15, 0.2) is 164 Å². The number of hydrogen-bond acceptors (Lipinski definition) is 3. The van der Waals surface area contributed by atoms with Gasteiger partial charge in [0.25, 0.3) is 0 Å². The summed E-state index contributed by atoms with van der Waals surface area (Å²) in [5, 5.41) is 7.20. The van der Waals surface area contributed by atoms with Crippen LogP contribution in [0.3, 0.4) is 0 Å². The lowest BCUT2D eigenvalue weighted by Crippen LogP contribution is -2.28. The van der Waals surface area contributed by atoms with Gasteiger partial charge in [0, 0.05) is 55.1 Å². The van der Waals surface area contributed by atoms with Gasteiger partial charge in [-0.25, -0.2) is 4.99 Å². The summed E-state index contributed by atoms with van der Waals surface area (Å²) < 4.78 is 14.2. The first-order valence-corrected chi connectivity index (χ1v) is 21.0. The van der Waals surface area contributed by atoms with Crippen molar-refractivity contribution in [1.82, 2.24) is 4.57 Å². The van der Waals surface area contributed by atoms with Gasteiger partial charge in [0.1, 0.15) is 16.8 Å². The molecule has 0 spiro atoms. The van der Waals surface area contributed by atoms with E-state index in [1.54, 1.807) is 0 Å². The Bertz CT molecular complexity index is 3270. The number of amidine groups is 2. The third-order valence-electron chi connectivity index (χ3n) is 11.7. The molecule has 0 fully saturated rings. The number of benzene rings is 6. The van der Waals surface area contributed by atoms with Gasteiger partial charge in [-0.05, 0) is 114 Å². The highest BCUT2D eigenvalue weighted by molar-refractivity contribution is 8.02. The van der Waals surface area contributed by atoms with Crippen molar-refractivity contribution in [2.24, 2.45) is 15.1 Å². The number of fused-ring (bicyclic) bond motifs is 8. The minimum absolute atomic E-state index is 0.419. The van der Waals surface area contributed by atoms with E-state index in [0.717, 1.165) is 76.2 Å². The van der Waals surface area contributed by atoms with Crippen LogP contribution in [-0.4, -0.2) is 16.2 Å². The fraction of sp³-hybridized carbons (Fsp3) is 0.115. The molecule has 3 aliphatic rings. The van der Waals surface area contributed by atoms with E-state index in [-0.39, 0.29) is 0 Å². The molecular weight excluding hydrogens is 729 g/mol. The molecule has 0 bridgehead atoms. The lowest BCUT2D eigenvalue weighted by molar-refractivity contribution is 0.570. The molecule has 0 aliphatic heterocycles. The highest BCUT2D eigenvalue weighted by Crippen LogP contribution is 2.37. The van der Waals surface area contributed by atoms with Crippen molar-refractivity contribution in [2.75, 3.05) is 0 Å². The van der Waals surface area contributed by atoms with Crippen molar-refractivity contribution in [3.8, 4) is 11.1 Å². The molecule has 58 heavy (non-hydrogen) atoms. The number of nitrogens with zero attached hydrogens (tertiary/aromatic N) is 3. The first-order chi connectivity index (χ1) is 28.6. The third kappa shape index (κ3) is 6.12. The van der Waals surface area contributed by atoms with E-state index in [1.165, 1.54) is 72.5 Å². The maximum absolute atomic E-state index is 6.73. The van der Waals surface area contributed by atoms with Crippen LogP contribution in [0.1, 0.15) is 54.4 Å². The number of allylic oxidation sites excluding steroid dienone is 4. The Morgan fingerprint density at radius 2 is 1.50 bits per heavy atom. The van der Waals surface area contributed by atoms with Gasteiger partial charge in [0.05, 0.1) is 11.0 Å². The molecule has 2 N–H and O–H groups in total. The number of aryl methyl sites for hydroxylation is 1. The van der Waals surface area contributed by atoms with Gasteiger partial charge < -0.3 is 14.7 Å². The maximum atomic E-state index is 6.73. The molecule has 2 aromatic heterocycles. The van der Waals surface area contributed by atoms with E-state index < -0.39 is 0 Å².